The number of hydrogen-bond donors (Lipinski definition) is 1. The Kier molecular flexibility index (Phi) is 2.96. The van der Waals surface area contributed by atoms with Gasteiger partial charge in [0.25, 0.3) is 0 Å². The van der Waals surface area contributed by atoms with Gasteiger partial charge in [-0.15, -0.1) is 0 Å². The lowest BCUT2D eigenvalue weighted by molar-refractivity contribution is 0.627. The molecule has 2 nitrogen and oxygen atoms in total. The smallest absolute Gasteiger partial charge is 0.0363 e. The summed E-state index contributed by atoms with van der Waals surface area (Å²) in [6, 6.07) is 6.83. The van der Waals surface area contributed by atoms with Crippen molar-refractivity contribution in [2.45, 2.75) is 25.2 Å². The van der Waals surface area contributed by atoms with Crippen LogP contribution in [0.25, 0.3) is 0 Å². The van der Waals surface area contributed by atoms with Gasteiger partial charge in [0, 0.05) is 19.8 Å². The predicted octanol–water partition coefficient (Wildman–Crippen LogP) is 2.13. The van der Waals surface area contributed by atoms with Gasteiger partial charge in [-0.2, -0.15) is 0 Å². The summed E-state index contributed by atoms with van der Waals surface area (Å²) in [6.07, 6.45) is 3.64. The fourth-order valence-electron chi connectivity index (χ4n) is 2.47. The first-order chi connectivity index (χ1) is 7.22. The summed E-state index contributed by atoms with van der Waals surface area (Å²) in [5.74, 6) is 0.709. The van der Waals surface area contributed by atoms with Crippen LogP contribution in [0.15, 0.2) is 18.2 Å². The molecule has 1 aliphatic carbocycles. The molecule has 0 amide bonds. The highest BCUT2D eigenvalue weighted by atomic mass is 15.1. The van der Waals surface area contributed by atoms with Crippen LogP contribution in [0.3, 0.4) is 0 Å². The number of hydrogen-bond acceptors (Lipinski definition) is 2. The molecule has 1 unspecified atom stereocenters. The lowest BCUT2D eigenvalue weighted by Gasteiger charge is -2.15. The highest BCUT2D eigenvalue weighted by Gasteiger charge is 2.21. The molecule has 1 aromatic carbocycles. The minimum Gasteiger partial charge on any atom is -0.378 e. The zero-order valence-electron chi connectivity index (χ0n) is 9.66. The van der Waals surface area contributed by atoms with E-state index in [1.165, 1.54) is 29.7 Å². The molecule has 2 N–H and O–H groups in total. The Morgan fingerprint density at radius 2 is 2.20 bits per heavy atom. The molecule has 2 rings (SSSR count). The second-order valence-electron chi connectivity index (χ2n) is 4.59. The molecule has 0 heterocycles. The van der Waals surface area contributed by atoms with Crippen molar-refractivity contribution < 1.29 is 0 Å². The maximum atomic E-state index is 5.64. The number of aryl methyl sites for hydroxylation is 1. The molecular formula is C13H20N2. The largest absolute Gasteiger partial charge is 0.378 e. The Hall–Kier alpha value is -1.02. The van der Waals surface area contributed by atoms with E-state index < -0.39 is 0 Å². The molecule has 1 aromatic rings. The van der Waals surface area contributed by atoms with Crippen LogP contribution in [-0.4, -0.2) is 20.6 Å². The van der Waals surface area contributed by atoms with Crippen molar-refractivity contribution in [3.63, 3.8) is 0 Å². The van der Waals surface area contributed by atoms with Crippen molar-refractivity contribution in [2.75, 3.05) is 25.5 Å². The van der Waals surface area contributed by atoms with Crippen LogP contribution in [0.1, 0.15) is 29.9 Å². The van der Waals surface area contributed by atoms with E-state index >= 15 is 0 Å². The van der Waals surface area contributed by atoms with Gasteiger partial charge in [-0.1, -0.05) is 6.07 Å². The molecule has 0 bridgehead atoms. The maximum Gasteiger partial charge on any atom is 0.0363 e. The van der Waals surface area contributed by atoms with Gasteiger partial charge in [0.1, 0.15) is 0 Å². The molecule has 1 atom stereocenters. The van der Waals surface area contributed by atoms with Crippen LogP contribution in [0, 0.1) is 0 Å². The van der Waals surface area contributed by atoms with Gasteiger partial charge in [0.15, 0.2) is 0 Å². The Morgan fingerprint density at radius 1 is 1.40 bits per heavy atom. The fraction of sp³-hybridized carbons (Fsp3) is 0.538. The molecule has 82 valence electrons. The Balaban J connectivity index is 2.25. The minimum atomic E-state index is 0.709. The zero-order valence-corrected chi connectivity index (χ0v) is 9.66. The van der Waals surface area contributed by atoms with Crippen molar-refractivity contribution >= 4 is 5.69 Å². The zero-order chi connectivity index (χ0) is 10.8. The van der Waals surface area contributed by atoms with Crippen LogP contribution in [-0.2, 0) is 6.42 Å². The highest BCUT2D eigenvalue weighted by Crippen LogP contribution is 2.36. The van der Waals surface area contributed by atoms with Crippen LogP contribution in [0.2, 0.25) is 0 Å². The average molecular weight is 204 g/mol. The lowest BCUT2D eigenvalue weighted by Crippen LogP contribution is -2.09. The van der Waals surface area contributed by atoms with E-state index in [2.05, 4.69) is 37.2 Å². The molecule has 0 fully saturated rings. The Bertz CT molecular complexity index is 344. The second-order valence-corrected chi connectivity index (χ2v) is 4.59. The maximum absolute atomic E-state index is 5.64. The molecular weight excluding hydrogens is 184 g/mol. The van der Waals surface area contributed by atoms with Gasteiger partial charge in [-0.05, 0) is 55.0 Å². The van der Waals surface area contributed by atoms with Gasteiger partial charge in [-0.25, -0.2) is 0 Å². The molecule has 0 saturated carbocycles. The van der Waals surface area contributed by atoms with E-state index in [1.807, 2.05) is 0 Å². The average Bonchev–Trinajstić information content (AvgIpc) is 2.61. The van der Waals surface area contributed by atoms with Gasteiger partial charge < -0.3 is 10.6 Å². The summed E-state index contributed by atoms with van der Waals surface area (Å²) in [6.45, 7) is 0.805. The second kappa shape index (κ2) is 4.23. The minimum absolute atomic E-state index is 0.709. The SMILES string of the molecule is CN(C)c1ccc2c(c1)CCC2CCN. The van der Waals surface area contributed by atoms with Crippen molar-refractivity contribution in [3.8, 4) is 0 Å². The summed E-state index contributed by atoms with van der Waals surface area (Å²) >= 11 is 0. The monoisotopic (exact) mass is 204 g/mol. The summed E-state index contributed by atoms with van der Waals surface area (Å²) in [7, 11) is 4.18. The molecule has 15 heavy (non-hydrogen) atoms. The van der Waals surface area contributed by atoms with Crippen LogP contribution >= 0.6 is 0 Å². The molecule has 2 heteroatoms. The number of fused-ring (bicyclic) bond motifs is 1. The third kappa shape index (κ3) is 2.00. The van der Waals surface area contributed by atoms with E-state index in [1.54, 1.807) is 0 Å². The third-order valence-electron chi connectivity index (χ3n) is 3.36. The van der Waals surface area contributed by atoms with Gasteiger partial charge >= 0.3 is 0 Å². The first-order valence-corrected chi connectivity index (χ1v) is 5.72. The van der Waals surface area contributed by atoms with E-state index in [0.29, 0.717) is 5.92 Å². The standard InChI is InChI=1S/C13H20N2/c1-15(2)12-5-6-13-10(7-8-14)3-4-11(13)9-12/h5-6,9-10H,3-4,7-8,14H2,1-2H3. The Labute approximate surface area is 92.1 Å². The molecule has 0 radical (unpaired) electrons. The quantitative estimate of drug-likeness (QED) is 0.817. The number of benzene rings is 1. The number of rotatable bonds is 3. The summed E-state index contributed by atoms with van der Waals surface area (Å²) in [5, 5.41) is 0. The first-order valence-electron chi connectivity index (χ1n) is 5.72. The van der Waals surface area contributed by atoms with E-state index in [9.17, 15) is 0 Å². The van der Waals surface area contributed by atoms with E-state index in [4.69, 9.17) is 5.73 Å². The van der Waals surface area contributed by atoms with Crippen molar-refractivity contribution in [2.24, 2.45) is 5.73 Å². The first kappa shape index (κ1) is 10.5. The molecule has 1 aliphatic rings. The van der Waals surface area contributed by atoms with E-state index in [-0.39, 0.29) is 0 Å². The van der Waals surface area contributed by atoms with Crippen molar-refractivity contribution in [1.29, 1.82) is 0 Å². The highest BCUT2D eigenvalue weighted by molar-refractivity contribution is 5.52. The van der Waals surface area contributed by atoms with Gasteiger partial charge in [-0.3, -0.25) is 0 Å². The predicted molar refractivity (Wildman–Crippen MR) is 65.5 cm³/mol. The lowest BCUT2D eigenvalue weighted by atomic mass is 9.98. The third-order valence-corrected chi connectivity index (χ3v) is 3.36. The fourth-order valence-corrected chi connectivity index (χ4v) is 2.47. The van der Waals surface area contributed by atoms with Crippen LogP contribution in [0.5, 0.6) is 0 Å². The summed E-state index contributed by atoms with van der Waals surface area (Å²) in [4.78, 5) is 2.16. The summed E-state index contributed by atoms with van der Waals surface area (Å²) < 4.78 is 0. The number of anilines is 1. The van der Waals surface area contributed by atoms with Crippen LogP contribution < -0.4 is 10.6 Å². The molecule has 0 saturated heterocycles. The van der Waals surface area contributed by atoms with E-state index in [0.717, 1.165) is 13.0 Å². The topological polar surface area (TPSA) is 29.3 Å². The molecule has 0 spiro atoms. The summed E-state index contributed by atoms with van der Waals surface area (Å²) in [5.41, 5.74) is 10.0. The Morgan fingerprint density at radius 3 is 2.87 bits per heavy atom. The van der Waals surface area contributed by atoms with Gasteiger partial charge in [0.2, 0.25) is 0 Å². The molecule has 0 aliphatic heterocycles. The van der Waals surface area contributed by atoms with Crippen molar-refractivity contribution in [1.82, 2.24) is 0 Å². The van der Waals surface area contributed by atoms with Gasteiger partial charge in [0.05, 0.1) is 0 Å². The van der Waals surface area contributed by atoms with Crippen molar-refractivity contribution in [3.05, 3.63) is 29.3 Å². The number of nitrogens with two attached hydrogens (primary N) is 1. The normalized spacial score (nSPS) is 19.0. The van der Waals surface area contributed by atoms with Crippen LogP contribution in [0.4, 0.5) is 5.69 Å². The number of nitrogens with zero attached hydrogens (tertiary/aromatic N) is 1. The molecule has 0 aromatic heterocycles.